The van der Waals surface area contributed by atoms with Gasteiger partial charge < -0.3 is 5.32 Å². The molecule has 0 spiro atoms. The van der Waals surface area contributed by atoms with E-state index < -0.39 is 48.5 Å². The van der Waals surface area contributed by atoms with Crippen LogP contribution in [-0.4, -0.2) is 49.1 Å². The highest BCUT2D eigenvalue weighted by Crippen LogP contribution is 2.42. The van der Waals surface area contributed by atoms with Crippen molar-refractivity contribution in [1.82, 2.24) is 21.5 Å². The molecular formula is C20H32F5N5O. The van der Waals surface area contributed by atoms with E-state index in [-0.39, 0.29) is 43.5 Å². The minimum Gasteiger partial charge on any atom is -0.339 e. The molecule has 7 unspecified atom stereocenters. The third kappa shape index (κ3) is 6.06. The number of carbonyl (C=O) groups is 1. The first-order chi connectivity index (χ1) is 14.6. The first kappa shape index (κ1) is 24.2. The molecular weight excluding hydrogens is 421 g/mol. The van der Waals surface area contributed by atoms with E-state index in [1.165, 1.54) is 0 Å². The molecule has 11 heteroatoms. The quantitative estimate of drug-likeness (QED) is 0.300. The van der Waals surface area contributed by atoms with Crippen LogP contribution in [0.4, 0.5) is 22.0 Å². The molecule has 0 aromatic carbocycles. The fraction of sp³-hybridized carbons (Fsp3) is 0.900. The Morgan fingerprint density at radius 2 is 1.84 bits per heavy atom. The normalized spacial score (nSPS) is 36.9. The molecule has 7 atom stereocenters. The van der Waals surface area contributed by atoms with Crippen LogP contribution in [-0.2, 0) is 4.79 Å². The van der Waals surface area contributed by atoms with Crippen LogP contribution in [0.5, 0.6) is 0 Å². The standard InChI is InChI=1S/C20H32F5N5O/c1-10(2)9-26-19(28-18(31)11-6-7-14(21)15(22)8-11)27-17-12-4-3-5-13(20(23,24)25)16(12)29-30-17/h10-17,29-30H,3-9H2,1-2H3,(H2,26,27,28,31). The minimum atomic E-state index is -4.28. The molecule has 31 heavy (non-hydrogen) atoms. The maximum Gasteiger partial charge on any atom is 0.393 e. The van der Waals surface area contributed by atoms with E-state index in [9.17, 15) is 26.7 Å². The molecule has 1 amide bonds. The Kier molecular flexibility index (Phi) is 7.77. The Labute approximate surface area is 179 Å². The van der Waals surface area contributed by atoms with Crippen molar-refractivity contribution in [2.45, 2.75) is 83.1 Å². The van der Waals surface area contributed by atoms with Gasteiger partial charge in [-0.1, -0.05) is 20.3 Å². The number of rotatable bonds is 4. The molecule has 3 aliphatic rings. The molecule has 6 nitrogen and oxygen atoms in total. The summed E-state index contributed by atoms with van der Waals surface area (Å²) in [6.07, 6.45) is -6.86. The van der Waals surface area contributed by atoms with E-state index in [0.717, 1.165) is 0 Å². The van der Waals surface area contributed by atoms with Crippen molar-refractivity contribution >= 4 is 11.9 Å². The van der Waals surface area contributed by atoms with Gasteiger partial charge in [-0.25, -0.2) is 14.2 Å². The van der Waals surface area contributed by atoms with Crippen LogP contribution in [0.25, 0.3) is 0 Å². The summed E-state index contributed by atoms with van der Waals surface area (Å²) in [7, 11) is 0. The number of amides is 1. The number of hydrazine groups is 1. The number of fused-ring (bicyclic) bond motifs is 1. The number of nitrogens with one attached hydrogen (secondary N) is 4. The molecule has 0 radical (unpaired) electrons. The van der Waals surface area contributed by atoms with Gasteiger partial charge in [-0.05, 0) is 38.0 Å². The smallest absolute Gasteiger partial charge is 0.339 e. The van der Waals surface area contributed by atoms with Gasteiger partial charge >= 0.3 is 6.18 Å². The summed E-state index contributed by atoms with van der Waals surface area (Å²) in [6, 6.07) is -0.763. The molecule has 0 aromatic rings. The highest BCUT2D eigenvalue weighted by atomic mass is 19.4. The number of carbonyl (C=O) groups excluding carboxylic acids is 1. The lowest BCUT2D eigenvalue weighted by molar-refractivity contribution is -0.191. The Balaban J connectivity index is 1.66. The lowest BCUT2D eigenvalue weighted by atomic mass is 9.76. The minimum absolute atomic E-state index is 0.0121. The van der Waals surface area contributed by atoms with Gasteiger partial charge in [0, 0.05) is 24.4 Å². The zero-order chi connectivity index (χ0) is 22.8. The van der Waals surface area contributed by atoms with E-state index in [2.05, 4.69) is 26.5 Å². The van der Waals surface area contributed by atoms with Crippen molar-refractivity contribution in [3.05, 3.63) is 0 Å². The predicted octanol–water partition coefficient (Wildman–Crippen LogP) is 2.96. The molecule has 1 heterocycles. The van der Waals surface area contributed by atoms with Gasteiger partial charge in [0.25, 0.3) is 0 Å². The number of alkyl halides is 5. The fourth-order valence-corrected chi connectivity index (χ4v) is 4.69. The molecule has 3 rings (SSSR count). The molecule has 3 fully saturated rings. The van der Waals surface area contributed by atoms with Crippen molar-refractivity contribution < 1.29 is 26.7 Å². The third-order valence-corrected chi connectivity index (χ3v) is 6.41. The second-order valence-corrected chi connectivity index (χ2v) is 9.29. The molecule has 0 aromatic heterocycles. The highest BCUT2D eigenvalue weighted by molar-refractivity contribution is 5.98. The maximum absolute atomic E-state index is 13.7. The van der Waals surface area contributed by atoms with Crippen molar-refractivity contribution in [2.24, 2.45) is 28.7 Å². The number of nitrogens with zero attached hydrogens (tertiary/aromatic N) is 1. The van der Waals surface area contributed by atoms with Crippen LogP contribution < -0.4 is 21.5 Å². The lowest BCUT2D eigenvalue weighted by Crippen LogP contribution is -2.54. The first-order valence-corrected chi connectivity index (χ1v) is 11.0. The summed E-state index contributed by atoms with van der Waals surface area (Å²) >= 11 is 0. The van der Waals surface area contributed by atoms with E-state index in [0.29, 0.717) is 19.4 Å². The van der Waals surface area contributed by atoms with Gasteiger partial charge in [-0.2, -0.15) is 13.2 Å². The summed E-state index contributed by atoms with van der Waals surface area (Å²) in [5, 5.41) is 5.70. The SMILES string of the molecule is CC(C)CN=C(NC(=O)C1CCC(F)C(F)C1)NC1NNC2C1CCCC2C(F)(F)F. The zero-order valence-electron chi connectivity index (χ0n) is 17.8. The van der Waals surface area contributed by atoms with E-state index >= 15 is 0 Å². The summed E-state index contributed by atoms with van der Waals surface area (Å²) in [5.41, 5.74) is 5.65. The van der Waals surface area contributed by atoms with E-state index in [4.69, 9.17) is 0 Å². The molecule has 0 bridgehead atoms. The van der Waals surface area contributed by atoms with Gasteiger partial charge in [0.1, 0.15) is 12.3 Å². The van der Waals surface area contributed by atoms with Crippen LogP contribution in [0, 0.1) is 23.7 Å². The number of hydrogen-bond acceptors (Lipinski definition) is 4. The Morgan fingerprint density at radius 3 is 2.48 bits per heavy atom. The second kappa shape index (κ2) is 9.97. The largest absolute Gasteiger partial charge is 0.393 e. The van der Waals surface area contributed by atoms with Gasteiger partial charge in [0.15, 0.2) is 5.96 Å². The molecule has 2 saturated carbocycles. The van der Waals surface area contributed by atoms with E-state index in [1.807, 2.05) is 13.8 Å². The number of aliphatic imine (C=N–C) groups is 1. The fourth-order valence-electron chi connectivity index (χ4n) is 4.69. The average molecular weight is 454 g/mol. The van der Waals surface area contributed by atoms with Crippen molar-refractivity contribution in [2.75, 3.05) is 6.54 Å². The lowest BCUT2D eigenvalue weighted by Gasteiger charge is -2.35. The topological polar surface area (TPSA) is 77.5 Å². The van der Waals surface area contributed by atoms with Crippen LogP contribution in [0.1, 0.15) is 52.4 Å². The van der Waals surface area contributed by atoms with Crippen LogP contribution in [0.3, 0.4) is 0 Å². The Morgan fingerprint density at radius 1 is 1.10 bits per heavy atom. The third-order valence-electron chi connectivity index (χ3n) is 6.41. The molecule has 4 N–H and O–H groups in total. The van der Waals surface area contributed by atoms with Gasteiger partial charge in [0.05, 0.1) is 12.1 Å². The predicted molar refractivity (Wildman–Crippen MR) is 106 cm³/mol. The van der Waals surface area contributed by atoms with Gasteiger partial charge in [0.2, 0.25) is 5.91 Å². The summed E-state index contributed by atoms with van der Waals surface area (Å²) in [4.78, 5) is 17.0. The first-order valence-electron chi connectivity index (χ1n) is 11.0. The number of halogens is 5. The van der Waals surface area contributed by atoms with Gasteiger partial charge in [-0.15, -0.1) is 0 Å². The number of guanidine groups is 1. The van der Waals surface area contributed by atoms with E-state index in [1.54, 1.807) is 0 Å². The summed E-state index contributed by atoms with van der Waals surface area (Å²) in [6.45, 7) is 4.28. The van der Waals surface area contributed by atoms with Crippen molar-refractivity contribution in [3.8, 4) is 0 Å². The van der Waals surface area contributed by atoms with Crippen LogP contribution in [0.2, 0.25) is 0 Å². The zero-order valence-corrected chi connectivity index (χ0v) is 17.8. The van der Waals surface area contributed by atoms with Gasteiger partial charge in [-0.3, -0.25) is 20.5 Å². The molecule has 178 valence electrons. The number of hydrogen-bond donors (Lipinski definition) is 4. The summed E-state index contributed by atoms with van der Waals surface area (Å²) < 4.78 is 67.3. The summed E-state index contributed by atoms with van der Waals surface area (Å²) in [5.74, 6) is -2.56. The van der Waals surface area contributed by atoms with Crippen molar-refractivity contribution in [1.29, 1.82) is 0 Å². The van der Waals surface area contributed by atoms with Crippen LogP contribution >= 0.6 is 0 Å². The Hall–Kier alpha value is -1.49. The maximum atomic E-state index is 13.7. The molecule has 1 aliphatic heterocycles. The second-order valence-electron chi connectivity index (χ2n) is 9.29. The van der Waals surface area contributed by atoms with Crippen LogP contribution in [0.15, 0.2) is 4.99 Å². The monoisotopic (exact) mass is 453 g/mol. The van der Waals surface area contributed by atoms with Crippen molar-refractivity contribution in [3.63, 3.8) is 0 Å². The Bertz CT molecular complexity index is 658. The molecule has 1 saturated heterocycles. The molecule has 2 aliphatic carbocycles. The average Bonchev–Trinajstić information content (AvgIpc) is 3.10. The highest BCUT2D eigenvalue weighted by Gasteiger charge is 2.53.